The molecule has 0 saturated carbocycles. The Kier molecular flexibility index (Phi) is 1.62. The minimum atomic E-state index is -0.520. The molecule has 0 saturated heterocycles. The Morgan fingerprint density at radius 2 is 2.38 bits per heavy atom. The van der Waals surface area contributed by atoms with Gasteiger partial charge in [0.25, 0.3) is 0 Å². The van der Waals surface area contributed by atoms with Crippen molar-refractivity contribution in [3.8, 4) is 0 Å². The Bertz CT molecular complexity index is 362. The number of esters is 1. The highest BCUT2D eigenvalue weighted by Gasteiger charge is 2.41. The van der Waals surface area contributed by atoms with Gasteiger partial charge in [-0.2, -0.15) is 0 Å². The first kappa shape index (κ1) is 8.23. The summed E-state index contributed by atoms with van der Waals surface area (Å²) in [5, 5.41) is 0. The second kappa shape index (κ2) is 2.55. The van der Waals surface area contributed by atoms with Crippen molar-refractivity contribution in [1.29, 1.82) is 0 Å². The van der Waals surface area contributed by atoms with E-state index >= 15 is 0 Å². The fraction of sp³-hybridized carbons (Fsp3) is 0.400. The molecule has 0 bridgehead atoms. The molecule has 0 radical (unpaired) electrons. The predicted octanol–water partition coefficient (Wildman–Crippen LogP) is 1.88. The topological polar surface area (TPSA) is 39.2 Å². The summed E-state index contributed by atoms with van der Waals surface area (Å²) in [6.45, 7) is 3.88. The monoisotopic (exact) mass is 177 g/mol. The van der Waals surface area contributed by atoms with Gasteiger partial charge in [-0.3, -0.25) is 4.98 Å². The number of carbonyl (C=O) groups excluding carboxylic acids is 1. The molecule has 1 aromatic heterocycles. The largest absolute Gasteiger partial charge is 0.449 e. The minimum absolute atomic E-state index is 0.257. The molecule has 0 amide bonds. The lowest BCUT2D eigenvalue weighted by Gasteiger charge is -2.20. The molecule has 2 rings (SSSR count). The summed E-state index contributed by atoms with van der Waals surface area (Å²) in [6, 6.07) is 3.51. The van der Waals surface area contributed by atoms with Crippen molar-refractivity contribution in [2.75, 3.05) is 0 Å². The van der Waals surface area contributed by atoms with Crippen LogP contribution in [-0.2, 0) is 10.3 Å². The third-order valence-corrected chi connectivity index (χ3v) is 2.52. The summed E-state index contributed by atoms with van der Waals surface area (Å²) in [5.41, 5.74) is 0.850. The molecule has 3 nitrogen and oxygen atoms in total. The van der Waals surface area contributed by atoms with Crippen LogP contribution in [0.25, 0.3) is 0 Å². The van der Waals surface area contributed by atoms with Crippen LogP contribution in [0.5, 0.6) is 0 Å². The van der Waals surface area contributed by atoms with Gasteiger partial charge in [-0.1, -0.05) is 6.92 Å². The van der Waals surface area contributed by atoms with Gasteiger partial charge in [-0.15, -0.1) is 0 Å². The molecule has 0 N–H and O–H groups in total. The Morgan fingerprint density at radius 3 is 3.08 bits per heavy atom. The maximum Gasteiger partial charge on any atom is 0.341 e. The second-order valence-corrected chi connectivity index (χ2v) is 3.37. The molecule has 0 fully saturated rings. The molecule has 0 unspecified atom stereocenters. The fourth-order valence-electron chi connectivity index (χ4n) is 1.54. The summed E-state index contributed by atoms with van der Waals surface area (Å²) >= 11 is 0. The Hall–Kier alpha value is -1.38. The van der Waals surface area contributed by atoms with E-state index in [0.29, 0.717) is 5.56 Å². The van der Waals surface area contributed by atoms with Crippen LogP contribution in [0.1, 0.15) is 36.3 Å². The summed E-state index contributed by atoms with van der Waals surface area (Å²) in [7, 11) is 0. The number of rotatable bonds is 1. The zero-order valence-electron chi connectivity index (χ0n) is 7.70. The van der Waals surface area contributed by atoms with E-state index in [4.69, 9.17) is 4.74 Å². The maximum absolute atomic E-state index is 11.4. The highest BCUT2D eigenvalue weighted by molar-refractivity contribution is 5.93. The van der Waals surface area contributed by atoms with Crippen LogP contribution in [0.15, 0.2) is 18.3 Å². The molecule has 0 spiro atoms. The van der Waals surface area contributed by atoms with Crippen LogP contribution in [-0.4, -0.2) is 11.0 Å². The predicted molar refractivity (Wildman–Crippen MR) is 47.3 cm³/mol. The van der Waals surface area contributed by atoms with Crippen LogP contribution in [0.4, 0.5) is 0 Å². The van der Waals surface area contributed by atoms with E-state index in [1.807, 2.05) is 13.8 Å². The van der Waals surface area contributed by atoms with Crippen LogP contribution >= 0.6 is 0 Å². The van der Waals surface area contributed by atoms with Crippen molar-refractivity contribution >= 4 is 5.97 Å². The number of ether oxygens (including phenoxy) is 1. The lowest BCUT2D eigenvalue weighted by Crippen LogP contribution is -2.21. The lowest BCUT2D eigenvalue weighted by molar-refractivity contribution is -0.00223. The van der Waals surface area contributed by atoms with Crippen molar-refractivity contribution < 1.29 is 9.53 Å². The standard InChI is InChI=1S/C10H11NO2/c1-3-10(2)8-7(9(12)13-10)5-4-6-11-8/h4-6H,3H2,1-2H3/t10-/m0/s1. The number of cyclic esters (lactones) is 1. The summed E-state index contributed by atoms with van der Waals surface area (Å²) in [4.78, 5) is 15.6. The highest BCUT2D eigenvalue weighted by Crippen LogP contribution is 2.36. The molecule has 1 aromatic rings. The van der Waals surface area contributed by atoms with Crippen molar-refractivity contribution in [2.24, 2.45) is 0 Å². The van der Waals surface area contributed by atoms with E-state index in [1.165, 1.54) is 0 Å². The average Bonchev–Trinajstić information content (AvgIpc) is 2.42. The number of hydrogen-bond donors (Lipinski definition) is 0. The molecule has 13 heavy (non-hydrogen) atoms. The van der Waals surface area contributed by atoms with Gasteiger partial charge in [0.05, 0.1) is 11.3 Å². The molecule has 1 atom stereocenters. The first-order valence-electron chi connectivity index (χ1n) is 4.36. The van der Waals surface area contributed by atoms with Crippen LogP contribution in [0.2, 0.25) is 0 Å². The Labute approximate surface area is 76.7 Å². The third kappa shape index (κ3) is 1.03. The van der Waals surface area contributed by atoms with E-state index in [2.05, 4.69) is 4.98 Å². The molecule has 3 heteroatoms. The summed E-state index contributed by atoms with van der Waals surface area (Å²) in [5.74, 6) is -0.257. The second-order valence-electron chi connectivity index (χ2n) is 3.37. The van der Waals surface area contributed by atoms with Gasteiger partial charge >= 0.3 is 5.97 Å². The Balaban J connectivity index is 2.59. The molecular weight excluding hydrogens is 166 g/mol. The number of carbonyl (C=O) groups is 1. The minimum Gasteiger partial charge on any atom is -0.449 e. The van der Waals surface area contributed by atoms with E-state index in [1.54, 1.807) is 18.3 Å². The average molecular weight is 177 g/mol. The number of nitrogens with zero attached hydrogens (tertiary/aromatic N) is 1. The molecule has 1 aliphatic heterocycles. The van der Waals surface area contributed by atoms with Crippen LogP contribution in [0, 0.1) is 0 Å². The summed E-state index contributed by atoms with van der Waals surface area (Å²) in [6.07, 6.45) is 2.44. The zero-order chi connectivity index (χ0) is 9.47. The molecular formula is C10H11NO2. The van der Waals surface area contributed by atoms with E-state index in [0.717, 1.165) is 12.1 Å². The lowest BCUT2D eigenvalue weighted by atomic mass is 9.97. The van der Waals surface area contributed by atoms with E-state index in [9.17, 15) is 4.79 Å². The van der Waals surface area contributed by atoms with Gasteiger partial charge in [-0.25, -0.2) is 4.79 Å². The van der Waals surface area contributed by atoms with Gasteiger partial charge in [0.15, 0.2) is 5.60 Å². The normalized spacial score (nSPS) is 25.5. The van der Waals surface area contributed by atoms with Crippen molar-refractivity contribution in [1.82, 2.24) is 4.98 Å². The third-order valence-electron chi connectivity index (χ3n) is 2.52. The number of hydrogen-bond acceptors (Lipinski definition) is 3. The van der Waals surface area contributed by atoms with Crippen LogP contribution < -0.4 is 0 Å². The quantitative estimate of drug-likeness (QED) is 0.615. The molecule has 68 valence electrons. The SMILES string of the molecule is CC[C@]1(C)OC(=O)c2cccnc21. The van der Waals surface area contributed by atoms with Gasteiger partial charge in [0.1, 0.15) is 0 Å². The van der Waals surface area contributed by atoms with Crippen molar-refractivity contribution in [3.63, 3.8) is 0 Å². The summed E-state index contributed by atoms with van der Waals surface area (Å²) < 4.78 is 5.27. The first-order chi connectivity index (χ1) is 6.17. The Morgan fingerprint density at radius 1 is 1.62 bits per heavy atom. The van der Waals surface area contributed by atoms with E-state index < -0.39 is 5.60 Å². The highest BCUT2D eigenvalue weighted by atomic mass is 16.6. The molecule has 0 aromatic carbocycles. The number of pyridine rings is 1. The smallest absolute Gasteiger partial charge is 0.341 e. The maximum atomic E-state index is 11.4. The van der Waals surface area contributed by atoms with E-state index in [-0.39, 0.29) is 5.97 Å². The fourth-order valence-corrected chi connectivity index (χ4v) is 1.54. The van der Waals surface area contributed by atoms with Gasteiger partial charge in [-0.05, 0) is 25.5 Å². The van der Waals surface area contributed by atoms with Crippen LogP contribution in [0.3, 0.4) is 0 Å². The first-order valence-corrected chi connectivity index (χ1v) is 4.36. The van der Waals surface area contributed by atoms with Crippen molar-refractivity contribution in [3.05, 3.63) is 29.6 Å². The molecule has 1 aliphatic rings. The molecule has 2 heterocycles. The molecule has 0 aliphatic carbocycles. The van der Waals surface area contributed by atoms with Gasteiger partial charge in [0, 0.05) is 6.20 Å². The van der Waals surface area contributed by atoms with Crippen molar-refractivity contribution in [2.45, 2.75) is 25.9 Å². The van der Waals surface area contributed by atoms with Gasteiger partial charge < -0.3 is 4.74 Å². The number of fused-ring (bicyclic) bond motifs is 1. The zero-order valence-corrected chi connectivity index (χ0v) is 7.70. The number of aromatic nitrogens is 1. The van der Waals surface area contributed by atoms with Gasteiger partial charge in [0.2, 0.25) is 0 Å².